The average Bonchev–Trinajstić information content (AvgIpc) is 2.53. The Balaban J connectivity index is 0.000000336. The molecule has 64 valence electrons. The van der Waals surface area contributed by atoms with Crippen molar-refractivity contribution in [2.75, 3.05) is 0 Å². The number of hydrogen-bond acceptors (Lipinski definition) is 1. The maximum absolute atomic E-state index is 4.18. The fraction of sp³-hybridized carbons (Fsp3) is 0.300. The van der Waals surface area contributed by atoms with Crippen LogP contribution < -0.4 is 0 Å². The fourth-order valence-corrected chi connectivity index (χ4v) is 1.10. The zero-order chi connectivity index (χ0) is 8.97. The van der Waals surface area contributed by atoms with Crippen LogP contribution in [0.25, 0.3) is 11.0 Å². The molecular formula is C10H14N2. The van der Waals surface area contributed by atoms with E-state index in [4.69, 9.17) is 0 Å². The largest absolute Gasteiger partial charge is 0.349 e. The summed E-state index contributed by atoms with van der Waals surface area (Å²) in [6.07, 6.45) is 3.82. The standard InChI is InChI=1S/C8H8N2.C2H6/c1-10-6-4-7-8(10)3-2-5-9-7;1-2/h2-6H,1H3;1-2H3. The number of aromatic nitrogens is 2. The predicted octanol–water partition coefficient (Wildman–Crippen LogP) is 2.60. The van der Waals surface area contributed by atoms with Gasteiger partial charge in [0.2, 0.25) is 0 Å². The SMILES string of the molecule is CC.Cn1ccc2ncccc21. The summed E-state index contributed by atoms with van der Waals surface area (Å²) in [5.74, 6) is 0. The van der Waals surface area contributed by atoms with Crippen molar-refractivity contribution in [3.05, 3.63) is 30.6 Å². The normalized spacial score (nSPS) is 9.25. The van der Waals surface area contributed by atoms with E-state index in [1.165, 1.54) is 5.52 Å². The van der Waals surface area contributed by atoms with Gasteiger partial charge in [-0.25, -0.2) is 0 Å². The molecule has 0 aromatic carbocycles. The van der Waals surface area contributed by atoms with Crippen LogP contribution in [0.1, 0.15) is 13.8 Å². The van der Waals surface area contributed by atoms with Crippen LogP contribution in [0.2, 0.25) is 0 Å². The van der Waals surface area contributed by atoms with E-state index in [9.17, 15) is 0 Å². The van der Waals surface area contributed by atoms with Gasteiger partial charge in [0.05, 0.1) is 11.0 Å². The van der Waals surface area contributed by atoms with Crippen LogP contribution in [0.3, 0.4) is 0 Å². The first kappa shape index (κ1) is 8.78. The molecule has 0 aliphatic carbocycles. The summed E-state index contributed by atoms with van der Waals surface area (Å²) >= 11 is 0. The molecule has 12 heavy (non-hydrogen) atoms. The number of aryl methyl sites for hydroxylation is 1. The number of hydrogen-bond donors (Lipinski definition) is 0. The number of rotatable bonds is 0. The molecule has 0 saturated heterocycles. The minimum absolute atomic E-state index is 1.06. The third-order valence-electron chi connectivity index (χ3n) is 1.65. The lowest BCUT2D eigenvalue weighted by atomic mass is 10.4. The highest BCUT2D eigenvalue weighted by molar-refractivity contribution is 5.74. The van der Waals surface area contributed by atoms with Gasteiger partial charge in [0.1, 0.15) is 0 Å². The van der Waals surface area contributed by atoms with E-state index in [-0.39, 0.29) is 0 Å². The van der Waals surface area contributed by atoms with Gasteiger partial charge in [0.15, 0.2) is 0 Å². The molecule has 0 fully saturated rings. The number of fused-ring (bicyclic) bond motifs is 1. The van der Waals surface area contributed by atoms with Crippen molar-refractivity contribution >= 4 is 11.0 Å². The zero-order valence-corrected chi connectivity index (χ0v) is 7.78. The molecule has 0 unspecified atom stereocenters. The smallest absolute Gasteiger partial charge is 0.0880 e. The monoisotopic (exact) mass is 162 g/mol. The van der Waals surface area contributed by atoms with Crippen LogP contribution >= 0.6 is 0 Å². The van der Waals surface area contributed by atoms with Crippen molar-refractivity contribution in [1.29, 1.82) is 0 Å². The molecule has 2 aromatic rings. The van der Waals surface area contributed by atoms with Crippen molar-refractivity contribution in [2.24, 2.45) is 7.05 Å². The summed E-state index contributed by atoms with van der Waals surface area (Å²) in [7, 11) is 2.02. The highest BCUT2D eigenvalue weighted by Crippen LogP contribution is 2.09. The van der Waals surface area contributed by atoms with Gasteiger partial charge in [-0.2, -0.15) is 0 Å². The highest BCUT2D eigenvalue weighted by Gasteiger charge is 1.93. The van der Waals surface area contributed by atoms with E-state index >= 15 is 0 Å². The van der Waals surface area contributed by atoms with E-state index in [0.29, 0.717) is 0 Å². The van der Waals surface area contributed by atoms with E-state index in [0.717, 1.165) is 5.52 Å². The average molecular weight is 162 g/mol. The second-order valence-corrected chi connectivity index (χ2v) is 2.33. The quantitative estimate of drug-likeness (QED) is 0.582. The van der Waals surface area contributed by atoms with Crippen LogP contribution in [0, 0.1) is 0 Å². The molecule has 0 bridgehead atoms. The molecule has 0 radical (unpaired) electrons. The Bertz CT molecular complexity index is 349. The van der Waals surface area contributed by atoms with Crippen molar-refractivity contribution in [2.45, 2.75) is 13.8 Å². The summed E-state index contributed by atoms with van der Waals surface area (Å²) in [6, 6.07) is 6.01. The maximum atomic E-state index is 4.18. The lowest BCUT2D eigenvalue weighted by Crippen LogP contribution is -1.82. The first-order valence-corrected chi connectivity index (χ1v) is 4.24. The topological polar surface area (TPSA) is 17.8 Å². The molecule has 0 N–H and O–H groups in total. The molecule has 0 aliphatic heterocycles. The molecular weight excluding hydrogens is 148 g/mol. The third kappa shape index (κ3) is 1.47. The predicted molar refractivity (Wildman–Crippen MR) is 52.1 cm³/mol. The molecule has 2 heterocycles. The van der Waals surface area contributed by atoms with E-state index in [1.807, 2.05) is 45.4 Å². The first-order chi connectivity index (χ1) is 5.88. The number of pyridine rings is 1. The van der Waals surface area contributed by atoms with Crippen molar-refractivity contribution < 1.29 is 0 Å². The van der Waals surface area contributed by atoms with Crippen molar-refractivity contribution in [1.82, 2.24) is 9.55 Å². The third-order valence-corrected chi connectivity index (χ3v) is 1.65. The van der Waals surface area contributed by atoms with Crippen LogP contribution in [0.15, 0.2) is 30.6 Å². The Hall–Kier alpha value is -1.31. The minimum atomic E-state index is 1.06. The van der Waals surface area contributed by atoms with Gasteiger partial charge in [-0.3, -0.25) is 4.98 Å². The first-order valence-electron chi connectivity index (χ1n) is 4.24. The van der Waals surface area contributed by atoms with Gasteiger partial charge >= 0.3 is 0 Å². The lowest BCUT2D eigenvalue weighted by molar-refractivity contribution is 0.968. The lowest BCUT2D eigenvalue weighted by Gasteiger charge is -1.91. The second kappa shape index (κ2) is 3.90. The van der Waals surface area contributed by atoms with Gasteiger partial charge in [0, 0.05) is 19.4 Å². The Morgan fingerprint density at radius 1 is 1.25 bits per heavy atom. The molecule has 0 aliphatic rings. The molecule has 2 aromatic heterocycles. The Labute approximate surface area is 72.9 Å². The van der Waals surface area contributed by atoms with Crippen molar-refractivity contribution in [3.63, 3.8) is 0 Å². The van der Waals surface area contributed by atoms with Crippen LogP contribution in [-0.2, 0) is 7.05 Å². The number of nitrogens with zero attached hydrogens (tertiary/aromatic N) is 2. The Morgan fingerprint density at radius 2 is 2.00 bits per heavy atom. The van der Waals surface area contributed by atoms with Crippen molar-refractivity contribution in [3.8, 4) is 0 Å². The molecule has 0 amide bonds. The minimum Gasteiger partial charge on any atom is -0.349 e. The van der Waals surface area contributed by atoms with E-state index in [2.05, 4.69) is 15.6 Å². The molecule has 2 nitrogen and oxygen atoms in total. The maximum Gasteiger partial charge on any atom is 0.0880 e. The summed E-state index contributed by atoms with van der Waals surface area (Å²) in [5.41, 5.74) is 2.24. The Kier molecular flexibility index (Phi) is 2.86. The van der Waals surface area contributed by atoms with Gasteiger partial charge in [-0.05, 0) is 18.2 Å². The fourth-order valence-electron chi connectivity index (χ4n) is 1.10. The summed E-state index contributed by atoms with van der Waals surface area (Å²) in [6.45, 7) is 4.00. The van der Waals surface area contributed by atoms with E-state index < -0.39 is 0 Å². The summed E-state index contributed by atoms with van der Waals surface area (Å²) in [5, 5.41) is 0. The van der Waals surface area contributed by atoms with Gasteiger partial charge < -0.3 is 4.57 Å². The molecule has 0 spiro atoms. The van der Waals surface area contributed by atoms with Gasteiger partial charge in [-0.1, -0.05) is 13.8 Å². The van der Waals surface area contributed by atoms with Crippen LogP contribution in [0.5, 0.6) is 0 Å². The zero-order valence-electron chi connectivity index (χ0n) is 7.78. The Morgan fingerprint density at radius 3 is 2.67 bits per heavy atom. The summed E-state index contributed by atoms with van der Waals surface area (Å²) < 4.78 is 2.06. The molecule has 0 saturated carbocycles. The molecule has 2 heteroatoms. The van der Waals surface area contributed by atoms with E-state index in [1.54, 1.807) is 0 Å². The van der Waals surface area contributed by atoms with Crippen LogP contribution in [-0.4, -0.2) is 9.55 Å². The van der Waals surface area contributed by atoms with Crippen LogP contribution in [0.4, 0.5) is 0 Å². The second-order valence-electron chi connectivity index (χ2n) is 2.33. The van der Waals surface area contributed by atoms with Gasteiger partial charge in [0.25, 0.3) is 0 Å². The molecule has 2 rings (SSSR count). The summed E-state index contributed by atoms with van der Waals surface area (Å²) in [4.78, 5) is 4.18. The van der Waals surface area contributed by atoms with Gasteiger partial charge in [-0.15, -0.1) is 0 Å². The molecule has 0 atom stereocenters. The highest BCUT2D eigenvalue weighted by atomic mass is 14.9.